The topological polar surface area (TPSA) is 3.24 Å². The van der Waals surface area contributed by atoms with Crippen molar-refractivity contribution in [3.05, 3.63) is 0 Å². The summed E-state index contributed by atoms with van der Waals surface area (Å²) >= 11 is 0. The minimum atomic E-state index is 0.694. The molecule has 0 N–H and O–H groups in total. The lowest BCUT2D eigenvalue weighted by Crippen LogP contribution is -2.28. The molecular weight excluding hydrogens is 134 g/mol. The van der Waals surface area contributed by atoms with Gasteiger partial charge in [0.2, 0.25) is 0 Å². The third-order valence-electron chi connectivity index (χ3n) is 2.55. The molecule has 0 amide bonds. The Labute approximate surface area is 71.8 Å². The molecule has 0 aliphatic carbocycles. The van der Waals surface area contributed by atoms with E-state index in [0.717, 1.165) is 5.92 Å². The molecule has 0 aromatic heterocycles. The largest absolute Gasteiger partial charge is 0.304 e. The Hall–Kier alpha value is -0.0400. The highest BCUT2D eigenvalue weighted by Gasteiger charge is 2.04. The van der Waals surface area contributed by atoms with Gasteiger partial charge >= 0.3 is 0 Å². The first-order valence-corrected chi connectivity index (χ1v) is 4.78. The Morgan fingerprint density at radius 1 is 1.18 bits per heavy atom. The lowest BCUT2D eigenvalue weighted by atomic mass is 10.1. The van der Waals surface area contributed by atoms with Crippen LogP contribution in [0.25, 0.3) is 0 Å². The van der Waals surface area contributed by atoms with Crippen LogP contribution in [0, 0.1) is 5.92 Å². The number of rotatable bonds is 5. The second-order valence-corrected chi connectivity index (χ2v) is 3.88. The van der Waals surface area contributed by atoms with E-state index in [2.05, 4.69) is 39.6 Å². The molecule has 0 rings (SSSR count). The molecule has 0 aromatic carbocycles. The molecule has 0 aromatic rings. The van der Waals surface area contributed by atoms with E-state index in [1.54, 1.807) is 0 Å². The Kier molecular flexibility index (Phi) is 5.57. The fourth-order valence-electron chi connectivity index (χ4n) is 0.886. The normalized spacial score (nSPS) is 14.5. The highest BCUT2D eigenvalue weighted by molar-refractivity contribution is 4.59. The average Bonchev–Trinajstić information content (AvgIpc) is 1.99. The molecule has 0 spiro atoms. The maximum Gasteiger partial charge on any atom is 0.00355 e. The van der Waals surface area contributed by atoms with Crippen LogP contribution in [0.2, 0.25) is 0 Å². The van der Waals surface area contributed by atoms with Crippen molar-refractivity contribution < 1.29 is 0 Å². The van der Waals surface area contributed by atoms with Gasteiger partial charge in [0.25, 0.3) is 0 Å². The summed E-state index contributed by atoms with van der Waals surface area (Å²) in [5.41, 5.74) is 0. The van der Waals surface area contributed by atoms with Crippen LogP contribution in [0.4, 0.5) is 0 Å². The summed E-state index contributed by atoms with van der Waals surface area (Å²) in [6, 6.07) is 0.694. The minimum Gasteiger partial charge on any atom is -0.304 e. The summed E-state index contributed by atoms with van der Waals surface area (Å²) in [7, 11) is 2.20. The first kappa shape index (κ1) is 11.0. The van der Waals surface area contributed by atoms with Crippen molar-refractivity contribution in [3.8, 4) is 0 Å². The molecule has 0 unspecified atom stereocenters. The average molecular weight is 157 g/mol. The predicted octanol–water partition coefficient (Wildman–Crippen LogP) is 2.76. The number of hydrogen-bond donors (Lipinski definition) is 0. The second kappa shape index (κ2) is 5.59. The summed E-state index contributed by atoms with van der Waals surface area (Å²) in [5.74, 6) is 0.885. The molecular formula is C10H23N. The van der Waals surface area contributed by atoms with E-state index in [9.17, 15) is 0 Å². The third kappa shape index (κ3) is 5.25. The van der Waals surface area contributed by atoms with Gasteiger partial charge in [0.05, 0.1) is 0 Å². The van der Waals surface area contributed by atoms with Crippen molar-refractivity contribution in [2.75, 3.05) is 13.6 Å². The molecule has 0 radical (unpaired) electrons. The van der Waals surface area contributed by atoms with E-state index in [1.165, 1.54) is 19.4 Å². The lowest BCUT2D eigenvalue weighted by molar-refractivity contribution is 0.253. The Bertz CT molecular complexity index is 88.9. The standard InChI is InChI=1S/C10H23N/c1-6-10(4)7-8-11(5)9(2)3/h9-10H,6-8H2,1-5H3/t10-/m1/s1. The molecule has 0 saturated heterocycles. The Morgan fingerprint density at radius 2 is 1.73 bits per heavy atom. The molecule has 0 saturated carbocycles. The molecule has 0 heterocycles. The highest BCUT2D eigenvalue weighted by atomic mass is 15.1. The van der Waals surface area contributed by atoms with Crippen molar-refractivity contribution in [1.82, 2.24) is 4.90 Å². The summed E-state index contributed by atoms with van der Waals surface area (Å²) < 4.78 is 0. The molecule has 68 valence electrons. The summed E-state index contributed by atoms with van der Waals surface area (Å²) in [5, 5.41) is 0. The summed E-state index contributed by atoms with van der Waals surface area (Å²) in [6.07, 6.45) is 2.65. The van der Waals surface area contributed by atoms with Gasteiger partial charge < -0.3 is 4.90 Å². The lowest BCUT2D eigenvalue weighted by Gasteiger charge is -2.22. The van der Waals surface area contributed by atoms with Crippen LogP contribution in [0.15, 0.2) is 0 Å². The Morgan fingerprint density at radius 3 is 2.09 bits per heavy atom. The second-order valence-electron chi connectivity index (χ2n) is 3.88. The molecule has 0 bridgehead atoms. The summed E-state index contributed by atoms with van der Waals surface area (Å²) in [6.45, 7) is 10.3. The van der Waals surface area contributed by atoms with Gasteiger partial charge in [-0.05, 0) is 39.8 Å². The predicted molar refractivity (Wildman–Crippen MR) is 51.8 cm³/mol. The monoisotopic (exact) mass is 157 g/mol. The maximum atomic E-state index is 2.41. The number of nitrogens with zero attached hydrogens (tertiary/aromatic N) is 1. The molecule has 1 atom stereocenters. The van der Waals surface area contributed by atoms with E-state index in [-0.39, 0.29) is 0 Å². The van der Waals surface area contributed by atoms with Crippen molar-refractivity contribution >= 4 is 0 Å². The van der Waals surface area contributed by atoms with E-state index in [1.807, 2.05) is 0 Å². The van der Waals surface area contributed by atoms with Crippen LogP contribution in [0.1, 0.15) is 40.5 Å². The number of hydrogen-bond acceptors (Lipinski definition) is 1. The van der Waals surface area contributed by atoms with E-state index >= 15 is 0 Å². The smallest absolute Gasteiger partial charge is 0.00355 e. The van der Waals surface area contributed by atoms with Gasteiger partial charge in [0.15, 0.2) is 0 Å². The van der Waals surface area contributed by atoms with Gasteiger partial charge in [-0.25, -0.2) is 0 Å². The first-order chi connectivity index (χ1) is 5.07. The fourth-order valence-corrected chi connectivity index (χ4v) is 0.886. The molecule has 0 aliphatic rings. The molecule has 0 fully saturated rings. The zero-order chi connectivity index (χ0) is 8.85. The minimum absolute atomic E-state index is 0.694. The van der Waals surface area contributed by atoms with Gasteiger partial charge in [0.1, 0.15) is 0 Å². The van der Waals surface area contributed by atoms with Crippen LogP contribution in [0.5, 0.6) is 0 Å². The molecule has 1 heteroatoms. The van der Waals surface area contributed by atoms with Gasteiger partial charge in [-0.1, -0.05) is 20.3 Å². The van der Waals surface area contributed by atoms with Crippen LogP contribution in [-0.4, -0.2) is 24.5 Å². The first-order valence-electron chi connectivity index (χ1n) is 4.78. The zero-order valence-electron chi connectivity index (χ0n) is 8.72. The molecule has 11 heavy (non-hydrogen) atoms. The van der Waals surface area contributed by atoms with Crippen molar-refractivity contribution in [2.45, 2.75) is 46.6 Å². The van der Waals surface area contributed by atoms with Gasteiger partial charge in [-0.2, -0.15) is 0 Å². The van der Waals surface area contributed by atoms with Crippen LogP contribution >= 0.6 is 0 Å². The third-order valence-corrected chi connectivity index (χ3v) is 2.55. The molecule has 0 aliphatic heterocycles. The van der Waals surface area contributed by atoms with Gasteiger partial charge in [-0.15, -0.1) is 0 Å². The van der Waals surface area contributed by atoms with Crippen molar-refractivity contribution in [3.63, 3.8) is 0 Å². The zero-order valence-corrected chi connectivity index (χ0v) is 8.72. The summed E-state index contributed by atoms with van der Waals surface area (Å²) in [4.78, 5) is 2.41. The van der Waals surface area contributed by atoms with Crippen molar-refractivity contribution in [2.24, 2.45) is 5.92 Å². The fraction of sp³-hybridized carbons (Fsp3) is 1.00. The Balaban J connectivity index is 3.37. The molecule has 1 nitrogen and oxygen atoms in total. The SMILES string of the molecule is CC[C@@H](C)CCN(C)C(C)C. The van der Waals surface area contributed by atoms with Crippen LogP contribution in [0.3, 0.4) is 0 Å². The van der Waals surface area contributed by atoms with Crippen molar-refractivity contribution in [1.29, 1.82) is 0 Å². The highest BCUT2D eigenvalue weighted by Crippen LogP contribution is 2.07. The quantitative estimate of drug-likeness (QED) is 0.593. The van der Waals surface area contributed by atoms with Gasteiger partial charge in [0, 0.05) is 6.04 Å². The maximum absolute atomic E-state index is 2.41. The van der Waals surface area contributed by atoms with E-state index in [0.29, 0.717) is 6.04 Å². The van der Waals surface area contributed by atoms with E-state index in [4.69, 9.17) is 0 Å². The van der Waals surface area contributed by atoms with Crippen LogP contribution < -0.4 is 0 Å². The van der Waals surface area contributed by atoms with Gasteiger partial charge in [-0.3, -0.25) is 0 Å². The van der Waals surface area contributed by atoms with Crippen LogP contribution in [-0.2, 0) is 0 Å². The van der Waals surface area contributed by atoms with E-state index < -0.39 is 0 Å².